The Morgan fingerprint density at radius 2 is 1.48 bits per heavy atom. The summed E-state index contributed by atoms with van der Waals surface area (Å²) < 4.78 is 26.7. The molecule has 0 radical (unpaired) electrons. The molecule has 29 heavy (non-hydrogen) atoms. The quantitative estimate of drug-likeness (QED) is 0.287. The fraction of sp³-hybridized carbons (Fsp3) is 0.630. The summed E-state index contributed by atoms with van der Waals surface area (Å²) in [4.78, 5) is 0. The van der Waals surface area contributed by atoms with Gasteiger partial charge in [0.25, 0.3) is 0 Å². The highest BCUT2D eigenvalue weighted by Gasteiger charge is 2.25. The number of hydrogen-bond donors (Lipinski definition) is 0. The van der Waals surface area contributed by atoms with Crippen LogP contribution in [0.3, 0.4) is 0 Å². The Labute approximate surface area is 176 Å². The highest BCUT2D eigenvalue weighted by Crippen LogP contribution is 2.40. The predicted octanol–water partition coefficient (Wildman–Crippen LogP) is 8.74. The second-order valence-corrected chi connectivity index (χ2v) is 9.40. The van der Waals surface area contributed by atoms with Crippen molar-refractivity contribution in [1.82, 2.24) is 0 Å². The van der Waals surface area contributed by atoms with E-state index in [4.69, 9.17) is 0 Å². The second kappa shape index (κ2) is 11.7. The molecule has 0 heterocycles. The highest BCUT2D eigenvalue weighted by atomic mass is 19.2. The molecule has 160 valence electrons. The van der Waals surface area contributed by atoms with Crippen molar-refractivity contribution in [1.29, 1.82) is 0 Å². The largest absolute Gasteiger partial charge is 0.204 e. The lowest BCUT2D eigenvalue weighted by Crippen LogP contribution is -2.17. The van der Waals surface area contributed by atoms with E-state index in [0.29, 0.717) is 5.92 Å². The average Bonchev–Trinajstić information content (AvgIpc) is 2.75. The molecule has 2 fully saturated rings. The van der Waals surface area contributed by atoms with Crippen molar-refractivity contribution in [2.75, 3.05) is 0 Å². The van der Waals surface area contributed by atoms with Gasteiger partial charge in [-0.3, -0.25) is 0 Å². The fourth-order valence-corrected chi connectivity index (χ4v) is 5.36. The summed E-state index contributed by atoms with van der Waals surface area (Å²) >= 11 is 0. The second-order valence-electron chi connectivity index (χ2n) is 9.40. The zero-order chi connectivity index (χ0) is 20.5. The van der Waals surface area contributed by atoms with E-state index in [1.165, 1.54) is 76.3 Å². The van der Waals surface area contributed by atoms with Crippen LogP contribution in [0.15, 0.2) is 43.0 Å². The minimum absolute atomic E-state index is 0.412. The monoisotopic (exact) mass is 400 g/mol. The molecule has 2 heteroatoms. The van der Waals surface area contributed by atoms with Crippen LogP contribution in [0, 0.1) is 29.4 Å². The van der Waals surface area contributed by atoms with Crippen LogP contribution in [0.4, 0.5) is 8.78 Å². The van der Waals surface area contributed by atoms with Gasteiger partial charge in [0.05, 0.1) is 0 Å². The van der Waals surface area contributed by atoms with Gasteiger partial charge >= 0.3 is 0 Å². The standard InChI is InChI=1S/C27H38F2/c1-2-3-4-5-6-7-21-8-10-22(11-9-21)12-13-23-14-16-24(17-15-23)25-18-19-26(28)27(29)20-25/h2,6-7,18-24H,1,3-5,8-17H2/b7-6+. The molecule has 0 saturated heterocycles. The number of rotatable bonds is 9. The molecule has 0 aliphatic heterocycles. The maximum atomic E-state index is 13.5. The van der Waals surface area contributed by atoms with Crippen molar-refractivity contribution in [3.8, 4) is 0 Å². The molecule has 0 atom stereocenters. The minimum atomic E-state index is -0.736. The Kier molecular flexibility index (Phi) is 8.95. The third kappa shape index (κ3) is 7.08. The molecule has 2 aliphatic carbocycles. The lowest BCUT2D eigenvalue weighted by atomic mass is 9.74. The Morgan fingerprint density at radius 3 is 2.10 bits per heavy atom. The van der Waals surface area contributed by atoms with Gasteiger partial charge in [-0.1, -0.05) is 37.1 Å². The van der Waals surface area contributed by atoms with E-state index in [1.807, 2.05) is 6.08 Å². The zero-order valence-electron chi connectivity index (χ0n) is 17.9. The summed E-state index contributed by atoms with van der Waals surface area (Å²) in [6.45, 7) is 3.78. The van der Waals surface area contributed by atoms with Crippen LogP contribution >= 0.6 is 0 Å². The SMILES string of the molecule is C=CCCC/C=C/C1CCC(CCC2CCC(c3ccc(F)c(F)c3)CC2)CC1. The van der Waals surface area contributed by atoms with Crippen LogP contribution in [-0.4, -0.2) is 0 Å². The van der Waals surface area contributed by atoms with E-state index in [1.54, 1.807) is 6.07 Å². The van der Waals surface area contributed by atoms with Crippen LogP contribution in [0.5, 0.6) is 0 Å². The molecular weight excluding hydrogens is 362 g/mol. The molecule has 1 aromatic rings. The van der Waals surface area contributed by atoms with Crippen LogP contribution in [-0.2, 0) is 0 Å². The van der Waals surface area contributed by atoms with E-state index in [-0.39, 0.29) is 0 Å². The first-order valence-electron chi connectivity index (χ1n) is 11.9. The summed E-state index contributed by atoms with van der Waals surface area (Å²) in [5.74, 6) is 1.53. The van der Waals surface area contributed by atoms with Crippen LogP contribution < -0.4 is 0 Å². The number of unbranched alkanes of at least 4 members (excludes halogenated alkanes) is 2. The van der Waals surface area contributed by atoms with Crippen molar-refractivity contribution in [2.45, 2.75) is 89.4 Å². The van der Waals surface area contributed by atoms with E-state index >= 15 is 0 Å². The van der Waals surface area contributed by atoms with Gasteiger partial charge in [-0.05, 0) is 112 Å². The van der Waals surface area contributed by atoms with Crippen LogP contribution in [0.25, 0.3) is 0 Å². The van der Waals surface area contributed by atoms with Crippen molar-refractivity contribution in [2.24, 2.45) is 17.8 Å². The molecule has 2 saturated carbocycles. The number of allylic oxidation sites excluding steroid dienone is 3. The summed E-state index contributed by atoms with van der Waals surface area (Å²) in [6, 6.07) is 4.46. The van der Waals surface area contributed by atoms with Gasteiger partial charge in [0.2, 0.25) is 0 Å². The molecule has 0 unspecified atom stereocenters. The van der Waals surface area contributed by atoms with Crippen molar-refractivity contribution < 1.29 is 8.78 Å². The maximum absolute atomic E-state index is 13.5. The van der Waals surface area contributed by atoms with E-state index in [0.717, 1.165) is 42.6 Å². The zero-order valence-corrected chi connectivity index (χ0v) is 17.9. The molecule has 0 aromatic heterocycles. The Morgan fingerprint density at radius 1 is 0.828 bits per heavy atom. The molecule has 2 aliphatic rings. The third-order valence-corrected chi connectivity index (χ3v) is 7.32. The molecular formula is C27H38F2. The van der Waals surface area contributed by atoms with E-state index in [2.05, 4.69) is 18.7 Å². The first kappa shape index (κ1) is 22.2. The number of hydrogen-bond acceptors (Lipinski definition) is 0. The van der Waals surface area contributed by atoms with Crippen molar-refractivity contribution in [3.05, 3.63) is 60.2 Å². The normalized spacial score (nSPS) is 27.9. The minimum Gasteiger partial charge on any atom is -0.204 e. The summed E-state index contributed by atoms with van der Waals surface area (Å²) in [5, 5.41) is 0. The van der Waals surface area contributed by atoms with Crippen LogP contribution in [0.2, 0.25) is 0 Å². The van der Waals surface area contributed by atoms with Gasteiger partial charge in [-0.25, -0.2) is 8.78 Å². The first-order valence-corrected chi connectivity index (χ1v) is 11.9. The number of benzene rings is 1. The Hall–Kier alpha value is -1.44. The van der Waals surface area contributed by atoms with Gasteiger partial charge in [-0.15, -0.1) is 6.58 Å². The predicted molar refractivity (Wildman–Crippen MR) is 119 cm³/mol. The molecule has 3 rings (SSSR count). The summed E-state index contributed by atoms with van der Waals surface area (Å²) in [5.41, 5.74) is 0.984. The summed E-state index contributed by atoms with van der Waals surface area (Å²) in [7, 11) is 0. The van der Waals surface area contributed by atoms with E-state index < -0.39 is 11.6 Å². The lowest BCUT2D eigenvalue weighted by molar-refractivity contribution is 0.246. The molecule has 0 nitrogen and oxygen atoms in total. The smallest absolute Gasteiger partial charge is 0.159 e. The Balaban J connectivity index is 1.31. The molecule has 0 N–H and O–H groups in total. The van der Waals surface area contributed by atoms with Gasteiger partial charge in [0.1, 0.15) is 0 Å². The molecule has 0 spiro atoms. The van der Waals surface area contributed by atoms with Gasteiger partial charge < -0.3 is 0 Å². The fourth-order valence-electron chi connectivity index (χ4n) is 5.36. The van der Waals surface area contributed by atoms with Crippen molar-refractivity contribution >= 4 is 0 Å². The van der Waals surface area contributed by atoms with Crippen molar-refractivity contribution in [3.63, 3.8) is 0 Å². The van der Waals surface area contributed by atoms with Crippen LogP contribution in [0.1, 0.15) is 95.0 Å². The first-order chi connectivity index (χ1) is 14.2. The lowest BCUT2D eigenvalue weighted by Gasteiger charge is -2.31. The summed E-state index contributed by atoms with van der Waals surface area (Å²) in [6.07, 6.45) is 23.4. The molecule has 1 aromatic carbocycles. The van der Waals surface area contributed by atoms with Gasteiger partial charge in [-0.2, -0.15) is 0 Å². The maximum Gasteiger partial charge on any atom is 0.159 e. The Bertz CT molecular complexity index is 647. The third-order valence-electron chi connectivity index (χ3n) is 7.32. The van der Waals surface area contributed by atoms with Gasteiger partial charge in [0.15, 0.2) is 11.6 Å². The topological polar surface area (TPSA) is 0 Å². The van der Waals surface area contributed by atoms with Gasteiger partial charge in [0, 0.05) is 0 Å². The molecule has 0 bridgehead atoms. The van der Waals surface area contributed by atoms with E-state index in [9.17, 15) is 8.78 Å². The average molecular weight is 401 g/mol. The number of halogens is 2. The molecule has 0 amide bonds. The highest BCUT2D eigenvalue weighted by molar-refractivity contribution is 5.22.